The summed E-state index contributed by atoms with van der Waals surface area (Å²) in [6.07, 6.45) is -4.41. The highest BCUT2D eigenvalue weighted by molar-refractivity contribution is 5.23. The van der Waals surface area contributed by atoms with Crippen molar-refractivity contribution in [2.75, 3.05) is 7.11 Å². The maximum absolute atomic E-state index is 12.7. The number of hydrogen-bond donors (Lipinski definition) is 0. The Labute approximate surface area is 80.5 Å². The Bertz CT molecular complexity index is 294. The van der Waals surface area contributed by atoms with Gasteiger partial charge >= 0.3 is 6.18 Å². The van der Waals surface area contributed by atoms with Gasteiger partial charge in [-0.05, 0) is 12.5 Å². The van der Waals surface area contributed by atoms with E-state index in [1.165, 1.54) is 12.1 Å². The molecular weight excluding hydrogens is 193 g/mol. The first-order valence-electron chi connectivity index (χ1n) is 4.09. The van der Waals surface area contributed by atoms with Gasteiger partial charge in [0.25, 0.3) is 0 Å². The lowest BCUT2D eigenvalue weighted by atomic mass is 9.95. The molecule has 0 aliphatic rings. The van der Waals surface area contributed by atoms with Crippen LogP contribution in [0.3, 0.4) is 0 Å². The van der Waals surface area contributed by atoms with Crippen LogP contribution in [0.2, 0.25) is 0 Å². The zero-order chi connectivity index (χ0) is 10.8. The number of methoxy groups -OCH3 is 1. The molecule has 0 radical (unpaired) electrons. The molecule has 0 bridgehead atoms. The summed E-state index contributed by atoms with van der Waals surface area (Å²) >= 11 is 0. The Morgan fingerprint density at radius 2 is 1.57 bits per heavy atom. The number of rotatable bonds is 2. The van der Waals surface area contributed by atoms with E-state index >= 15 is 0 Å². The predicted molar refractivity (Wildman–Crippen MR) is 46.9 cm³/mol. The van der Waals surface area contributed by atoms with Crippen LogP contribution in [-0.4, -0.2) is 13.3 Å². The number of hydrogen-bond acceptors (Lipinski definition) is 1. The third-order valence-electron chi connectivity index (χ3n) is 2.27. The normalized spacial score (nSPS) is 16.4. The molecule has 0 amide bonds. The van der Waals surface area contributed by atoms with E-state index < -0.39 is 11.8 Å². The van der Waals surface area contributed by atoms with Crippen molar-refractivity contribution >= 4 is 0 Å². The van der Waals surface area contributed by atoms with Crippen LogP contribution >= 0.6 is 0 Å². The van der Waals surface area contributed by atoms with Crippen molar-refractivity contribution in [1.29, 1.82) is 0 Å². The van der Waals surface area contributed by atoms with Crippen LogP contribution in [0.15, 0.2) is 30.3 Å². The average Bonchev–Trinajstić information content (AvgIpc) is 2.16. The quantitative estimate of drug-likeness (QED) is 0.719. The van der Waals surface area contributed by atoms with Crippen LogP contribution in [0.25, 0.3) is 0 Å². The molecule has 1 rings (SSSR count). The topological polar surface area (TPSA) is 9.23 Å². The first kappa shape index (κ1) is 11.0. The molecule has 0 aromatic heterocycles. The van der Waals surface area contributed by atoms with E-state index in [1.807, 2.05) is 0 Å². The summed E-state index contributed by atoms with van der Waals surface area (Å²) in [5, 5.41) is 0. The Balaban J connectivity index is 3.15. The van der Waals surface area contributed by atoms with Crippen LogP contribution in [-0.2, 0) is 10.3 Å². The van der Waals surface area contributed by atoms with E-state index in [0.717, 1.165) is 14.0 Å². The number of benzene rings is 1. The third-order valence-corrected chi connectivity index (χ3v) is 2.27. The minimum Gasteiger partial charge on any atom is -0.364 e. The zero-order valence-electron chi connectivity index (χ0n) is 7.93. The van der Waals surface area contributed by atoms with Gasteiger partial charge in [-0.3, -0.25) is 0 Å². The van der Waals surface area contributed by atoms with Gasteiger partial charge in [-0.25, -0.2) is 0 Å². The molecular formula is C10H11F3O. The van der Waals surface area contributed by atoms with E-state index in [9.17, 15) is 13.2 Å². The molecule has 1 atom stereocenters. The lowest BCUT2D eigenvalue weighted by Crippen LogP contribution is -2.41. The molecule has 4 heteroatoms. The second-order valence-electron chi connectivity index (χ2n) is 3.10. The third kappa shape index (κ3) is 1.75. The second kappa shape index (κ2) is 3.61. The molecule has 1 aromatic rings. The van der Waals surface area contributed by atoms with Gasteiger partial charge < -0.3 is 4.74 Å². The lowest BCUT2D eigenvalue weighted by Gasteiger charge is -2.30. The summed E-state index contributed by atoms with van der Waals surface area (Å²) in [6, 6.07) is 7.57. The Morgan fingerprint density at radius 3 is 1.93 bits per heavy atom. The van der Waals surface area contributed by atoms with Crippen LogP contribution < -0.4 is 0 Å². The fourth-order valence-electron chi connectivity index (χ4n) is 1.15. The molecule has 1 nitrogen and oxygen atoms in total. The van der Waals surface area contributed by atoms with Crippen LogP contribution in [0, 0.1) is 0 Å². The molecule has 0 saturated carbocycles. The van der Waals surface area contributed by atoms with Gasteiger partial charge in [-0.1, -0.05) is 30.3 Å². The molecule has 14 heavy (non-hydrogen) atoms. The Morgan fingerprint density at radius 1 is 1.07 bits per heavy atom. The van der Waals surface area contributed by atoms with Crippen LogP contribution in [0.4, 0.5) is 13.2 Å². The maximum atomic E-state index is 12.7. The van der Waals surface area contributed by atoms with Crippen LogP contribution in [0.5, 0.6) is 0 Å². The lowest BCUT2D eigenvalue weighted by molar-refractivity contribution is -0.269. The van der Waals surface area contributed by atoms with E-state index in [2.05, 4.69) is 4.74 Å². The van der Waals surface area contributed by atoms with Gasteiger partial charge in [0.15, 0.2) is 5.60 Å². The van der Waals surface area contributed by atoms with Crippen molar-refractivity contribution in [3.63, 3.8) is 0 Å². The highest BCUT2D eigenvalue weighted by Crippen LogP contribution is 2.41. The molecule has 0 saturated heterocycles. The van der Waals surface area contributed by atoms with Crippen molar-refractivity contribution in [1.82, 2.24) is 0 Å². The summed E-state index contributed by atoms with van der Waals surface area (Å²) in [6.45, 7) is 1.02. The molecule has 1 aromatic carbocycles. The molecule has 0 aliphatic carbocycles. The van der Waals surface area contributed by atoms with E-state index in [0.29, 0.717) is 0 Å². The van der Waals surface area contributed by atoms with Crippen molar-refractivity contribution in [3.8, 4) is 0 Å². The Kier molecular flexibility index (Phi) is 2.85. The number of alkyl halides is 3. The van der Waals surface area contributed by atoms with Gasteiger partial charge in [-0.2, -0.15) is 13.2 Å². The van der Waals surface area contributed by atoms with Gasteiger partial charge in [0.05, 0.1) is 0 Å². The molecule has 78 valence electrons. The van der Waals surface area contributed by atoms with Gasteiger partial charge in [0.2, 0.25) is 0 Å². The standard InChI is InChI=1S/C10H11F3O/c1-9(14-2,10(11,12)13)8-6-4-3-5-7-8/h3-7H,1-2H3/t9-/m0/s1. The highest BCUT2D eigenvalue weighted by Gasteiger charge is 2.52. The average molecular weight is 204 g/mol. The number of halogens is 3. The number of ether oxygens (including phenoxy) is 1. The molecule has 0 heterocycles. The monoisotopic (exact) mass is 204 g/mol. The fraction of sp³-hybridized carbons (Fsp3) is 0.400. The van der Waals surface area contributed by atoms with Crippen molar-refractivity contribution in [2.45, 2.75) is 18.7 Å². The SMILES string of the molecule is CO[C@@](C)(c1ccccc1)C(F)(F)F. The first-order valence-corrected chi connectivity index (χ1v) is 4.09. The maximum Gasteiger partial charge on any atom is 0.421 e. The van der Waals surface area contributed by atoms with E-state index in [-0.39, 0.29) is 5.56 Å². The zero-order valence-corrected chi connectivity index (χ0v) is 7.93. The largest absolute Gasteiger partial charge is 0.421 e. The molecule has 0 spiro atoms. The predicted octanol–water partition coefficient (Wildman–Crippen LogP) is 3.11. The summed E-state index contributed by atoms with van der Waals surface area (Å²) < 4.78 is 42.6. The summed E-state index contributed by atoms with van der Waals surface area (Å²) in [5.74, 6) is 0. The van der Waals surface area contributed by atoms with E-state index in [4.69, 9.17) is 0 Å². The summed E-state index contributed by atoms with van der Waals surface area (Å²) in [4.78, 5) is 0. The highest BCUT2D eigenvalue weighted by atomic mass is 19.4. The van der Waals surface area contributed by atoms with Crippen LogP contribution in [0.1, 0.15) is 12.5 Å². The van der Waals surface area contributed by atoms with Gasteiger partial charge in [0, 0.05) is 7.11 Å². The second-order valence-corrected chi connectivity index (χ2v) is 3.10. The smallest absolute Gasteiger partial charge is 0.364 e. The van der Waals surface area contributed by atoms with Crippen molar-refractivity contribution in [3.05, 3.63) is 35.9 Å². The summed E-state index contributed by atoms with van der Waals surface area (Å²) in [5.41, 5.74) is -2.12. The molecule has 0 unspecified atom stereocenters. The molecule has 0 aliphatic heterocycles. The van der Waals surface area contributed by atoms with Gasteiger partial charge in [-0.15, -0.1) is 0 Å². The fourth-order valence-corrected chi connectivity index (χ4v) is 1.15. The first-order chi connectivity index (χ1) is 6.42. The molecule has 0 N–H and O–H groups in total. The van der Waals surface area contributed by atoms with E-state index in [1.54, 1.807) is 18.2 Å². The van der Waals surface area contributed by atoms with Crippen molar-refractivity contribution < 1.29 is 17.9 Å². The van der Waals surface area contributed by atoms with Gasteiger partial charge in [0.1, 0.15) is 0 Å². The Hall–Kier alpha value is -1.03. The molecule has 0 fully saturated rings. The summed E-state index contributed by atoms with van der Waals surface area (Å²) in [7, 11) is 1.06. The van der Waals surface area contributed by atoms with Crippen molar-refractivity contribution in [2.24, 2.45) is 0 Å². The minimum absolute atomic E-state index is 0.106. The minimum atomic E-state index is -4.41.